The summed E-state index contributed by atoms with van der Waals surface area (Å²) < 4.78 is 21.6. The fourth-order valence-electron chi connectivity index (χ4n) is 3.37. The summed E-state index contributed by atoms with van der Waals surface area (Å²) in [6.45, 7) is -1.48. The molecule has 2 aliphatic rings. The van der Waals surface area contributed by atoms with Crippen LogP contribution >= 0.6 is 0 Å². The molecule has 13 heteroatoms. The topological polar surface area (TPSA) is 202 Å². The largest absolute Gasteiger partial charge is 0.462 e. The van der Waals surface area contributed by atoms with Crippen LogP contribution in [0.4, 0.5) is 0 Å². The molecular weight excluding hydrogens is 434 g/mol. The molecule has 0 aromatic heterocycles. The summed E-state index contributed by atoms with van der Waals surface area (Å²) in [6.07, 6.45) is -9.75. The van der Waals surface area contributed by atoms with Crippen LogP contribution in [0.25, 0.3) is 0 Å². The van der Waals surface area contributed by atoms with Crippen molar-refractivity contribution in [2.45, 2.75) is 55.1 Å². The van der Waals surface area contributed by atoms with Crippen LogP contribution in [0, 0.1) is 0 Å². The van der Waals surface area contributed by atoms with E-state index in [4.69, 9.17) is 29.4 Å². The summed E-state index contributed by atoms with van der Waals surface area (Å²) in [5, 5.41) is 77.4. The Balaban J connectivity index is 1.58. The first-order chi connectivity index (χ1) is 15.1. The molecule has 3 rings (SSSR count). The number of rotatable bonds is 9. The fourth-order valence-corrected chi connectivity index (χ4v) is 3.37. The first kappa shape index (κ1) is 25.2. The van der Waals surface area contributed by atoms with Crippen LogP contribution in [0.5, 0.6) is 5.75 Å². The Bertz CT molecular complexity index is 721. The Morgan fingerprint density at radius 2 is 1.69 bits per heavy atom. The first-order valence-electron chi connectivity index (χ1n) is 9.99. The lowest BCUT2D eigenvalue weighted by Gasteiger charge is -2.40. The predicted octanol–water partition coefficient (Wildman–Crippen LogP) is -3.05. The Morgan fingerprint density at radius 1 is 1.00 bits per heavy atom. The van der Waals surface area contributed by atoms with Gasteiger partial charge in [-0.3, -0.25) is 10.4 Å². The maximum absolute atomic E-state index is 10.2. The summed E-state index contributed by atoms with van der Waals surface area (Å²) in [5.74, 6) is 0.286. The molecule has 1 aromatic rings. The zero-order chi connectivity index (χ0) is 23.5. The van der Waals surface area contributed by atoms with Gasteiger partial charge in [0.2, 0.25) is 6.29 Å². The van der Waals surface area contributed by atoms with E-state index < -0.39 is 55.3 Å². The van der Waals surface area contributed by atoms with Crippen LogP contribution in [0.1, 0.15) is 5.56 Å². The normalized spacial score (nSPS) is 37.7. The third-order valence-corrected chi connectivity index (χ3v) is 5.45. The van der Waals surface area contributed by atoms with E-state index in [1.54, 1.807) is 24.3 Å². The number of benzene rings is 1. The number of hydroxylamine groups is 2. The molecule has 2 saturated heterocycles. The molecule has 13 nitrogen and oxygen atoms in total. The van der Waals surface area contributed by atoms with Crippen LogP contribution in [0.3, 0.4) is 0 Å². The number of aliphatic hydroxyl groups is 6. The van der Waals surface area contributed by atoms with Gasteiger partial charge in [0.05, 0.1) is 26.4 Å². The van der Waals surface area contributed by atoms with Crippen molar-refractivity contribution in [2.75, 3.05) is 26.4 Å². The number of aliphatic hydroxyl groups excluding tert-OH is 5. The van der Waals surface area contributed by atoms with Crippen molar-refractivity contribution in [1.29, 1.82) is 0 Å². The minimum atomic E-state index is -1.88. The number of nitrogens with zero attached hydrogens (tertiary/aromatic N) is 1. The lowest BCUT2D eigenvalue weighted by molar-refractivity contribution is -0.305. The molecule has 8 atom stereocenters. The number of hydrogen-bond acceptors (Lipinski definition) is 13. The maximum Gasteiger partial charge on any atom is 0.229 e. The molecule has 0 unspecified atom stereocenters. The molecule has 2 fully saturated rings. The van der Waals surface area contributed by atoms with E-state index in [9.17, 15) is 30.6 Å². The van der Waals surface area contributed by atoms with Crippen LogP contribution in [0.15, 0.2) is 24.3 Å². The molecule has 2 heterocycles. The lowest BCUT2D eigenvalue weighted by Crippen LogP contribution is -2.60. The highest BCUT2D eigenvalue weighted by molar-refractivity contribution is 5.27. The monoisotopic (exact) mass is 463 g/mol. The van der Waals surface area contributed by atoms with Gasteiger partial charge in [-0.1, -0.05) is 17.4 Å². The molecule has 0 saturated carbocycles. The Hall–Kier alpha value is -1.46. The summed E-state index contributed by atoms with van der Waals surface area (Å²) in [7, 11) is 0. The molecule has 32 heavy (non-hydrogen) atoms. The summed E-state index contributed by atoms with van der Waals surface area (Å²) in [4.78, 5) is 0. The van der Waals surface area contributed by atoms with Gasteiger partial charge in [-0.05, 0) is 24.1 Å². The van der Waals surface area contributed by atoms with E-state index >= 15 is 0 Å². The minimum Gasteiger partial charge on any atom is -0.462 e. The highest BCUT2D eigenvalue weighted by atomic mass is 16.8. The van der Waals surface area contributed by atoms with Gasteiger partial charge in [-0.15, -0.1) is 0 Å². The predicted molar refractivity (Wildman–Crippen MR) is 101 cm³/mol. The molecule has 0 bridgehead atoms. The molecule has 1 aromatic carbocycles. The second-order valence-corrected chi connectivity index (χ2v) is 7.84. The van der Waals surface area contributed by atoms with Crippen molar-refractivity contribution in [3.8, 4) is 5.75 Å². The maximum atomic E-state index is 10.2. The highest BCUT2D eigenvalue weighted by Gasteiger charge is 2.50. The minimum absolute atomic E-state index is 0.00548. The SMILES string of the molecule is OC[C@@]1(O)CO[C@@H](OC[C@H]2O[C@@H](Oc3ccc(CCN(O)O)cc3)[C@H](O)[C@@H](O)[C@@H]2O)[C@@H]1O. The van der Waals surface area contributed by atoms with Gasteiger partial charge in [0, 0.05) is 0 Å². The summed E-state index contributed by atoms with van der Waals surface area (Å²) in [5.41, 5.74) is -1.09. The molecule has 8 N–H and O–H groups in total. The smallest absolute Gasteiger partial charge is 0.229 e. The standard InChI is InChI=1S/C19H29NO12/c21-8-19(26)9-30-18(16(19)25)29-7-12-13(22)14(23)15(24)17(32-12)31-11-3-1-10(2-4-11)5-6-20(27)28/h1-4,12-18,21-28H,5-9H2/t12-,13-,14+,15-,16+,17-,18-,19-/m1/s1. The number of hydrogen-bond donors (Lipinski definition) is 8. The second kappa shape index (κ2) is 10.6. The fraction of sp³-hybridized carbons (Fsp3) is 0.684. The Labute approximate surface area is 183 Å². The van der Waals surface area contributed by atoms with Gasteiger partial charge in [0.15, 0.2) is 6.29 Å². The zero-order valence-electron chi connectivity index (χ0n) is 17.0. The van der Waals surface area contributed by atoms with Gasteiger partial charge >= 0.3 is 0 Å². The van der Waals surface area contributed by atoms with Crippen molar-refractivity contribution < 1.29 is 60.0 Å². The summed E-state index contributed by atoms with van der Waals surface area (Å²) in [6, 6.07) is 6.46. The Morgan fingerprint density at radius 3 is 2.28 bits per heavy atom. The van der Waals surface area contributed by atoms with E-state index in [2.05, 4.69) is 0 Å². The van der Waals surface area contributed by atoms with Crippen LogP contribution in [0.2, 0.25) is 0 Å². The molecule has 0 spiro atoms. The van der Waals surface area contributed by atoms with E-state index in [0.717, 1.165) is 5.56 Å². The van der Waals surface area contributed by atoms with Crippen LogP contribution < -0.4 is 4.74 Å². The first-order valence-corrected chi connectivity index (χ1v) is 9.99. The quantitative estimate of drug-likeness (QED) is 0.172. The van der Waals surface area contributed by atoms with Crippen LogP contribution in [-0.4, -0.2) is 121 Å². The van der Waals surface area contributed by atoms with E-state index in [1.165, 1.54) is 0 Å². The summed E-state index contributed by atoms with van der Waals surface area (Å²) >= 11 is 0. The zero-order valence-corrected chi connectivity index (χ0v) is 17.0. The molecule has 0 aliphatic carbocycles. The average molecular weight is 463 g/mol. The third-order valence-electron chi connectivity index (χ3n) is 5.45. The van der Waals surface area contributed by atoms with E-state index in [1.807, 2.05) is 0 Å². The molecule has 2 aliphatic heterocycles. The van der Waals surface area contributed by atoms with Gasteiger partial charge < -0.3 is 49.6 Å². The lowest BCUT2D eigenvalue weighted by atomic mass is 9.99. The molecular formula is C19H29NO12. The van der Waals surface area contributed by atoms with E-state index in [-0.39, 0.29) is 30.7 Å². The van der Waals surface area contributed by atoms with Crippen molar-refractivity contribution in [2.24, 2.45) is 0 Å². The molecule has 182 valence electrons. The van der Waals surface area contributed by atoms with Crippen molar-refractivity contribution >= 4 is 0 Å². The molecule has 0 amide bonds. The Kier molecular flexibility index (Phi) is 8.37. The molecule has 0 radical (unpaired) electrons. The van der Waals surface area contributed by atoms with Crippen LogP contribution in [-0.2, 0) is 20.6 Å². The van der Waals surface area contributed by atoms with Gasteiger partial charge in [-0.25, -0.2) is 0 Å². The van der Waals surface area contributed by atoms with Gasteiger partial charge in [0.25, 0.3) is 0 Å². The van der Waals surface area contributed by atoms with E-state index in [0.29, 0.717) is 6.42 Å². The number of ether oxygens (including phenoxy) is 4. The van der Waals surface area contributed by atoms with Gasteiger partial charge in [0.1, 0.15) is 41.9 Å². The highest BCUT2D eigenvalue weighted by Crippen LogP contribution is 2.28. The van der Waals surface area contributed by atoms with Crippen molar-refractivity contribution in [3.63, 3.8) is 0 Å². The van der Waals surface area contributed by atoms with Crippen molar-refractivity contribution in [1.82, 2.24) is 5.23 Å². The second-order valence-electron chi connectivity index (χ2n) is 7.84. The average Bonchev–Trinajstić information content (AvgIpc) is 3.07. The third kappa shape index (κ3) is 5.72. The van der Waals surface area contributed by atoms with Crippen molar-refractivity contribution in [3.05, 3.63) is 29.8 Å². The van der Waals surface area contributed by atoms with Gasteiger partial charge in [-0.2, -0.15) is 0 Å².